The minimum Gasteiger partial charge on any atom is -0.327 e. The van der Waals surface area contributed by atoms with Crippen LogP contribution in [0.1, 0.15) is 19.0 Å². The van der Waals surface area contributed by atoms with E-state index in [1.807, 2.05) is 18.2 Å². The summed E-state index contributed by atoms with van der Waals surface area (Å²) in [5.74, 6) is 0. The van der Waals surface area contributed by atoms with Crippen molar-refractivity contribution in [2.24, 2.45) is 5.73 Å². The topological polar surface area (TPSA) is 54.7 Å². The Balaban J connectivity index is 2.39. The van der Waals surface area contributed by atoms with Crippen molar-refractivity contribution in [2.45, 2.75) is 25.8 Å². The van der Waals surface area contributed by atoms with Gasteiger partial charge in [0.15, 0.2) is 0 Å². The smallest absolute Gasteiger partial charge is 0.0924 e. The van der Waals surface area contributed by atoms with Crippen LogP contribution in [0.25, 0.3) is 10.9 Å². The van der Waals surface area contributed by atoms with Crippen molar-refractivity contribution in [3.63, 3.8) is 0 Å². The van der Waals surface area contributed by atoms with E-state index in [2.05, 4.69) is 17.1 Å². The standard InChI is InChI=1S/C11H14ClN3/c1-2-8(13)6-11-9-5-7(12)3-4-10(9)14-15-11/h3-5,8H,2,6,13H2,1H3,(H,14,15). The summed E-state index contributed by atoms with van der Waals surface area (Å²) in [5.41, 5.74) is 7.93. The van der Waals surface area contributed by atoms with Gasteiger partial charge in [-0.25, -0.2) is 0 Å². The highest BCUT2D eigenvalue weighted by Crippen LogP contribution is 2.21. The number of hydrogen-bond acceptors (Lipinski definition) is 2. The van der Waals surface area contributed by atoms with E-state index in [1.165, 1.54) is 0 Å². The number of nitrogens with two attached hydrogens (primary N) is 1. The van der Waals surface area contributed by atoms with E-state index in [1.54, 1.807) is 0 Å². The molecule has 2 rings (SSSR count). The molecule has 3 N–H and O–H groups in total. The van der Waals surface area contributed by atoms with E-state index in [0.29, 0.717) is 0 Å². The molecule has 1 aromatic heterocycles. The van der Waals surface area contributed by atoms with Crippen molar-refractivity contribution in [3.05, 3.63) is 28.9 Å². The molecule has 1 aromatic carbocycles. The summed E-state index contributed by atoms with van der Waals surface area (Å²) in [5, 5.41) is 9.03. The second-order valence-electron chi connectivity index (χ2n) is 3.74. The zero-order chi connectivity index (χ0) is 10.8. The van der Waals surface area contributed by atoms with Crippen LogP contribution in [-0.4, -0.2) is 16.2 Å². The number of fused-ring (bicyclic) bond motifs is 1. The lowest BCUT2D eigenvalue weighted by Crippen LogP contribution is -2.21. The lowest BCUT2D eigenvalue weighted by molar-refractivity contribution is 0.637. The van der Waals surface area contributed by atoms with Gasteiger partial charge in [-0.1, -0.05) is 18.5 Å². The highest BCUT2D eigenvalue weighted by Gasteiger charge is 2.08. The monoisotopic (exact) mass is 223 g/mol. The Hall–Kier alpha value is -1.06. The Morgan fingerprint density at radius 3 is 3.07 bits per heavy atom. The van der Waals surface area contributed by atoms with Gasteiger partial charge in [0.25, 0.3) is 0 Å². The number of benzene rings is 1. The molecule has 0 amide bonds. The fourth-order valence-electron chi connectivity index (χ4n) is 1.60. The van der Waals surface area contributed by atoms with E-state index >= 15 is 0 Å². The Labute approximate surface area is 93.6 Å². The van der Waals surface area contributed by atoms with Crippen LogP contribution >= 0.6 is 11.6 Å². The van der Waals surface area contributed by atoms with Crippen LogP contribution in [0.15, 0.2) is 18.2 Å². The van der Waals surface area contributed by atoms with Crippen molar-refractivity contribution >= 4 is 22.5 Å². The third kappa shape index (κ3) is 2.13. The van der Waals surface area contributed by atoms with Crippen molar-refractivity contribution in [3.8, 4) is 0 Å². The van der Waals surface area contributed by atoms with Gasteiger partial charge in [0.2, 0.25) is 0 Å². The second kappa shape index (κ2) is 4.21. The summed E-state index contributed by atoms with van der Waals surface area (Å²) < 4.78 is 0. The van der Waals surface area contributed by atoms with Gasteiger partial charge in [-0.15, -0.1) is 0 Å². The van der Waals surface area contributed by atoms with E-state index in [9.17, 15) is 0 Å². The third-order valence-electron chi connectivity index (χ3n) is 2.59. The van der Waals surface area contributed by atoms with Crippen LogP contribution in [0.5, 0.6) is 0 Å². The fourth-order valence-corrected chi connectivity index (χ4v) is 1.77. The third-order valence-corrected chi connectivity index (χ3v) is 2.82. The molecule has 0 aliphatic heterocycles. The van der Waals surface area contributed by atoms with Crippen molar-refractivity contribution in [1.29, 1.82) is 0 Å². The number of nitrogens with one attached hydrogen (secondary N) is 1. The predicted molar refractivity (Wildman–Crippen MR) is 63.1 cm³/mol. The maximum absolute atomic E-state index is 5.95. The molecule has 2 aromatic rings. The van der Waals surface area contributed by atoms with Gasteiger partial charge in [0.1, 0.15) is 0 Å². The molecule has 15 heavy (non-hydrogen) atoms. The molecular formula is C11H14ClN3. The van der Waals surface area contributed by atoms with Crippen molar-refractivity contribution in [1.82, 2.24) is 10.2 Å². The number of aromatic nitrogens is 2. The minimum absolute atomic E-state index is 0.174. The first-order chi connectivity index (χ1) is 7.20. The minimum atomic E-state index is 0.174. The van der Waals surface area contributed by atoms with E-state index in [-0.39, 0.29) is 6.04 Å². The summed E-state index contributed by atoms with van der Waals surface area (Å²) in [6.45, 7) is 2.08. The summed E-state index contributed by atoms with van der Waals surface area (Å²) in [7, 11) is 0. The Morgan fingerprint density at radius 2 is 2.33 bits per heavy atom. The van der Waals surface area contributed by atoms with Crippen molar-refractivity contribution < 1.29 is 0 Å². The molecule has 1 atom stereocenters. The molecule has 0 fully saturated rings. The van der Waals surface area contributed by atoms with Gasteiger partial charge >= 0.3 is 0 Å². The Morgan fingerprint density at radius 1 is 1.53 bits per heavy atom. The lowest BCUT2D eigenvalue weighted by atomic mass is 10.1. The molecule has 80 valence electrons. The normalized spacial score (nSPS) is 13.3. The molecule has 4 heteroatoms. The molecule has 0 saturated carbocycles. The zero-order valence-electron chi connectivity index (χ0n) is 8.63. The lowest BCUT2D eigenvalue weighted by Gasteiger charge is -2.06. The van der Waals surface area contributed by atoms with E-state index in [4.69, 9.17) is 17.3 Å². The highest BCUT2D eigenvalue weighted by atomic mass is 35.5. The summed E-state index contributed by atoms with van der Waals surface area (Å²) in [4.78, 5) is 0. The number of aromatic amines is 1. The predicted octanol–water partition coefficient (Wildman–Crippen LogP) is 2.50. The van der Waals surface area contributed by atoms with E-state index < -0.39 is 0 Å². The summed E-state index contributed by atoms with van der Waals surface area (Å²) >= 11 is 5.95. The molecule has 0 spiro atoms. The average Bonchev–Trinajstić information content (AvgIpc) is 2.61. The van der Waals surface area contributed by atoms with Crippen LogP contribution in [0.2, 0.25) is 5.02 Å². The molecule has 1 unspecified atom stereocenters. The van der Waals surface area contributed by atoms with Crippen LogP contribution in [-0.2, 0) is 6.42 Å². The van der Waals surface area contributed by atoms with Gasteiger partial charge in [0, 0.05) is 28.6 Å². The number of hydrogen-bond donors (Lipinski definition) is 2. The molecule has 0 saturated heterocycles. The maximum atomic E-state index is 5.95. The maximum Gasteiger partial charge on any atom is 0.0924 e. The number of nitrogens with zero attached hydrogens (tertiary/aromatic N) is 1. The number of halogens is 1. The van der Waals surface area contributed by atoms with Gasteiger partial charge in [0.05, 0.1) is 5.52 Å². The van der Waals surface area contributed by atoms with Crippen LogP contribution in [0.4, 0.5) is 0 Å². The molecule has 1 heterocycles. The fraction of sp³-hybridized carbons (Fsp3) is 0.364. The number of rotatable bonds is 3. The first kappa shape index (κ1) is 10.5. The quantitative estimate of drug-likeness (QED) is 0.840. The summed E-state index contributed by atoms with van der Waals surface area (Å²) in [6, 6.07) is 5.86. The second-order valence-corrected chi connectivity index (χ2v) is 4.17. The molecular weight excluding hydrogens is 210 g/mol. The summed E-state index contributed by atoms with van der Waals surface area (Å²) in [6.07, 6.45) is 1.77. The molecule has 0 aliphatic carbocycles. The largest absolute Gasteiger partial charge is 0.327 e. The SMILES string of the molecule is CCC(N)Cc1[nH]nc2ccc(Cl)cc12. The molecule has 0 aliphatic rings. The molecule has 0 bridgehead atoms. The zero-order valence-corrected chi connectivity index (χ0v) is 9.38. The van der Waals surface area contributed by atoms with Crippen LogP contribution < -0.4 is 5.73 Å². The van der Waals surface area contributed by atoms with Gasteiger partial charge in [-0.05, 0) is 24.6 Å². The number of H-pyrrole nitrogens is 1. The van der Waals surface area contributed by atoms with Gasteiger partial charge in [-0.2, -0.15) is 5.10 Å². The molecule has 0 radical (unpaired) electrons. The van der Waals surface area contributed by atoms with Crippen molar-refractivity contribution in [2.75, 3.05) is 0 Å². The van der Waals surface area contributed by atoms with Gasteiger partial charge < -0.3 is 5.73 Å². The average molecular weight is 224 g/mol. The highest BCUT2D eigenvalue weighted by molar-refractivity contribution is 6.31. The van der Waals surface area contributed by atoms with Crippen LogP contribution in [0.3, 0.4) is 0 Å². The van der Waals surface area contributed by atoms with Crippen LogP contribution in [0, 0.1) is 0 Å². The Kier molecular flexibility index (Phi) is 2.93. The Bertz CT molecular complexity index is 464. The molecule has 3 nitrogen and oxygen atoms in total. The first-order valence-electron chi connectivity index (χ1n) is 5.08. The van der Waals surface area contributed by atoms with E-state index in [0.717, 1.165) is 34.5 Å². The van der Waals surface area contributed by atoms with Gasteiger partial charge in [-0.3, -0.25) is 5.10 Å². The first-order valence-corrected chi connectivity index (χ1v) is 5.46.